The van der Waals surface area contributed by atoms with Gasteiger partial charge in [0, 0.05) is 23.4 Å². The second-order valence-corrected chi connectivity index (χ2v) is 8.65. The van der Waals surface area contributed by atoms with Crippen LogP contribution in [0, 0.1) is 33.2 Å². The molecule has 0 amide bonds. The van der Waals surface area contributed by atoms with E-state index in [1.54, 1.807) is 12.1 Å². The number of nitro benzene ring substituents is 1. The first-order chi connectivity index (χ1) is 15.3. The molecule has 0 aliphatic carbocycles. The molecule has 2 aromatic carbocycles. The number of fused-ring (bicyclic) bond motifs is 1. The van der Waals surface area contributed by atoms with Crippen molar-refractivity contribution in [2.24, 2.45) is 5.41 Å². The Bertz CT molecular complexity index is 1270. The van der Waals surface area contributed by atoms with Crippen LogP contribution in [0.3, 0.4) is 0 Å². The molecule has 0 spiro atoms. The Kier molecular flexibility index (Phi) is 5.96. The molecule has 1 aliphatic heterocycles. The molecule has 164 valence electrons. The van der Waals surface area contributed by atoms with Crippen molar-refractivity contribution in [2.75, 3.05) is 25.5 Å². The largest absolute Gasteiger partial charge is 0.337 e. The topological polar surface area (TPSA) is 84.2 Å². The highest BCUT2D eigenvalue weighted by molar-refractivity contribution is 6.31. The fraction of sp³-hybridized carbons (Fsp3) is 0.304. The quantitative estimate of drug-likeness (QED) is 0.335. The number of nitrogens with one attached hydrogen (secondary N) is 1. The smallest absolute Gasteiger partial charge is 0.285 e. The van der Waals surface area contributed by atoms with Gasteiger partial charge in [-0.2, -0.15) is 0 Å². The van der Waals surface area contributed by atoms with Crippen LogP contribution < -0.4 is 5.32 Å². The lowest BCUT2D eigenvalue weighted by Crippen LogP contribution is -2.38. The minimum atomic E-state index is -0.636. The minimum Gasteiger partial charge on any atom is -0.337 e. The van der Waals surface area contributed by atoms with Crippen LogP contribution in [-0.4, -0.2) is 39.9 Å². The molecule has 32 heavy (non-hydrogen) atoms. The van der Waals surface area contributed by atoms with Crippen molar-refractivity contribution in [3.63, 3.8) is 0 Å². The third-order valence-corrected chi connectivity index (χ3v) is 5.83. The Balaban J connectivity index is 1.77. The average Bonchev–Trinajstić information content (AvgIpc) is 2.75. The zero-order valence-corrected chi connectivity index (χ0v) is 18.4. The summed E-state index contributed by atoms with van der Waals surface area (Å²) in [7, 11) is 2.05. The van der Waals surface area contributed by atoms with E-state index in [0.29, 0.717) is 10.9 Å². The zero-order chi connectivity index (χ0) is 22.9. The Hall–Kier alpha value is -3.28. The molecule has 0 unspecified atom stereocenters. The number of likely N-dealkylation sites (tertiary alicyclic amines) is 1. The van der Waals surface area contributed by atoms with E-state index in [4.69, 9.17) is 11.6 Å². The van der Waals surface area contributed by atoms with Crippen LogP contribution in [0.15, 0.2) is 36.7 Å². The van der Waals surface area contributed by atoms with Gasteiger partial charge < -0.3 is 10.2 Å². The number of anilines is 2. The molecule has 0 saturated carbocycles. The van der Waals surface area contributed by atoms with Gasteiger partial charge in [-0.1, -0.05) is 29.5 Å². The zero-order valence-electron chi connectivity index (χ0n) is 17.7. The highest BCUT2D eigenvalue weighted by Gasteiger charge is 2.28. The summed E-state index contributed by atoms with van der Waals surface area (Å²) in [4.78, 5) is 21.9. The lowest BCUT2D eigenvalue weighted by atomic mass is 9.82. The summed E-state index contributed by atoms with van der Waals surface area (Å²) in [5.41, 5.74) is 0.472. The van der Waals surface area contributed by atoms with Crippen molar-refractivity contribution < 1.29 is 9.31 Å². The van der Waals surface area contributed by atoms with E-state index >= 15 is 0 Å². The fourth-order valence-electron chi connectivity index (χ4n) is 3.98. The van der Waals surface area contributed by atoms with Crippen molar-refractivity contribution in [2.45, 2.75) is 19.8 Å². The Morgan fingerprint density at radius 1 is 1.34 bits per heavy atom. The van der Waals surface area contributed by atoms with Crippen LogP contribution in [0.1, 0.15) is 25.3 Å². The van der Waals surface area contributed by atoms with Crippen molar-refractivity contribution in [1.82, 2.24) is 14.9 Å². The van der Waals surface area contributed by atoms with E-state index in [0.717, 1.165) is 25.9 Å². The van der Waals surface area contributed by atoms with Gasteiger partial charge in [0.05, 0.1) is 21.2 Å². The number of rotatable bonds is 3. The fourth-order valence-corrected chi connectivity index (χ4v) is 4.16. The molecule has 9 heteroatoms. The molecule has 1 aliphatic rings. The van der Waals surface area contributed by atoms with Crippen LogP contribution >= 0.6 is 11.6 Å². The molecule has 1 saturated heterocycles. The van der Waals surface area contributed by atoms with E-state index in [9.17, 15) is 14.5 Å². The molecule has 1 N–H and O–H groups in total. The molecule has 0 radical (unpaired) electrons. The van der Waals surface area contributed by atoms with Gasteiger partial charge in [-0.25, -0.2) is 14.4 Å². The van der Waals surface area contributed by atoms with E-state index < -0.39 is 10.7 Å². The summed E-state index contributed by atoms with van der Waals surface area (Å²) in [6.07, 6.45) is 3.28. The Morgan fingerprint density at radius 3 is 2.91 bits per heavy atom. The molecule has 2 heterocycles. The first-order valence-electron chi connectivity index (χ1n) is 10.1. The SMILES string of the molecule is CN1CCC[C@@](C)(C#Cc2cc3ncnc(Nc4cccc(Cl)c4F)c3cc2[N+](=O)[O-])C1. The number of nitro groups is 1. The number of halogens is 2. The number of hydrogen-bond acceptors (Lipinski definition) is 6. The summed E-state index contributed by atoms with van der Waals surface area (Å²) in [5.74, 6) is 5.88. The van der Waals surface area contributed by atoms with Gasteiger partial charge in [0.1, 0.15) is 17.7 Å². The van der Waals surface area contributed by atoms with Gasteiger partial charge in [0.15, 0.2) is 5.82 Å². The molecule has 3 aromatic rings. The Labute approximate surface area is 189 Å². The lowest BCUT2D eigenvalue weighted by molar-refractivity contribution is -0.385. The van der Waals surface area contributed by atoms with E-state index in [2.05, 4.69) is 38.9 Å². The molecule has 1 aromatic heterocycles. The molecule has 4 rings (SSSR count). The summed E-state index contributed by atoms with van der Waals surface area (Å²) < 4.78 is 14.3. The number of aromatic nitrogens is 2. The maximum Gasteiger partial charge on any atom is 0.285 e. The van der Waals surface area contributed by atoms with Crippen LogP contribution in [0.25, 0.3) is 10.9 Å². The number of piperidine rings is 1. The molecule has 1 atom stereocenters. The lowest BCUT2D eigenvalue weighted by Gasteiger charge is -2.34. The minimum absolute atomic E-state index is 0.0428. The molecule has 7 nitrogen and oxygen atoms in total. The highest BCUT2D eigenvalue weighted by Crippen LogP contribution is 2.32. The summed E-state index contributed by atoms with van der Waals surface area (Å²) in [6, 6.07) is 7.49. The van der Waals surface area contributed by atoms with Gasteiger partial charge in [-0.15, -0.1) is 0 Å². The molecular formula is C23H21ClFN5O2. The first kappa shape index (κ1) is 21.9. The summed E-state index contributed by atoms with van der Waals surface area (Å²) >= 11 is 5.85. The predicted molar refractivity (Wildman–Crippen MR) is 123 cm³/mol. The van der Waals surface area contributed by atoms with Gasteiger partial charge in [0.25, 0.3) is 5.69 Å². The van der Waals surface area contributed by atoms with Gasteiger partial charge >= 0.3 is 0 Å². The highest BCUT2D eigenvalue weighted by atomic mass is 35.5. The van der Waals surface area contributed by atoms with Gasteiger partial charge in [0.2, 0.25) is 0 Å². The maximum atomic E-state index is 14.3. The predicted octanol–water partition coefficient (Wildman–Crippen LogP) is 5.16. The second kappa shape index (κ2) is 8.69. The molecular weight excluding hydrogens is 433 g/mol. The summed E-state index contributed by atoms with van der Waals surface area (Å²) in [6.45, 7) is 3.91. The summed E-state index contributed by atoms with van der Waals surface area (Å²) in [5, 5.41) is 15.0. The van der Waals surface area contributed by atoms with Gasteiger partial charge in [-0.05, 0) is 51.6 Å². The number of benzene rings is 2. The van der Waals surface area contributed by atoms with E-state index in [-0.39, 0.29) is 33.2 Å². The van der Waals surface area contributed by atoms with Crippen molar-refractivity contribution in [3.8, 4) is 11.8 Å². The van der Waals surface area contributed by atoms with E-state index in [1.165, 1.54) is 24.5 Å². The average molecular weight is 454 g/mol. The van der Waals surface area contributed by atoms with E-state index in [1.807, 2.05) is 7.05 Å². The van der Waals surface area contributed by atoms with Gasteiger partial charge in [-0.3, -0.25) is 10.1 Å². The normalized spacial score (nSPS) is 18.8. The van der Waals surface area contributed by atoms with Crippen LogP contribution in [-0.2, 0) is 0 Å². The standard InChI is InChI=1S/C23H21ClFN5O2/c1-23(8-4-10-29(2)13-23)9-7-15-11-19-16(12-20(15)30(31)32)22(27-14-26-19)28-18-6-3-5-17(24)21(18)25/h3,5-6,11-12,14H,4,8,10,13H2,1-2H3,(H,26,27,28)/t23-/m0/s1. The van der Waals surface area contributed by atoms with Crippen molar-refractivity contribution in [1.29, 1.82) is 0 Å². The number of hydrogen-bond donors (Lipinski definition) is 1. The molecule has 0 bridgehead atoms. The first-order valence-corrected chi connectivity index (χ1v) is 10.5. The maximum absolute atomic E-state index is 14.3. The third kappa shape index (κ3) is 4.49. The van der Waals surface area contributed by atoms with Crippen molar-refractivity contribution in [3.05, 3.63) is 63.2 Å². The van der Waals surface area contributed by atoms with Crippen LogP contribution in [0.4, 0.5) is 21.6 Å². The number of nitrogens with zero attached hydrogens (tertiary/aromatic N) is 4. The van der Waals surface area contributed by atoms with Crippen LogP contribution in [0.2, 0.25) is 5.02 Å². The monoisotopic (exact) mass is 453 g/mol. The second-order valence-electron chi connectivity index (χ2n) is 8.24. The van der Waals surface area contributed by atoms with Crippen LogP contribution in [0.5, 0.6) is 0 Å². The third-order valence-electron chi connectivity index (χ3n) is 5.54. The Morgan fingerprint density at radius 2 is 2.16 bits per heavy atom. The van der Waals surface area contributed by atoms with Crippen molar-refractivity contribution >= 4 is 39.7 Å². The molecule has 1 fully saturated rings.